The predicted molar refractivity (Wildman–Crippen MR) is 98.3 cm³/mol. The number of rotatable bonds is 2. The molecule has 0 atom stereocenters. The molecule has 0 amide bonds. The minimum absolute atomic E-state index is 0.204. The Morgan fingerprint density at radius 3 is 2.35 bits per heavy atom. The molecule has 0 spiro atoms. The maximum atomic E-state index is 8.67. The van der Waals surface area contributed by atoms with E-state index in [1.165, 1.54) is 16.1 Å². The zero-order valence-corrected chi connectivity index (χ0v) is 14.6. The van der Waals surface area contributed by atoms with Crippen molar-refractivity contribution >= 4 is 33.0 Å². The Morgan fingerprint density at radius 1 is 1.00 bits per heavy atom. The topological polar surface area (TPSA) is 53.5 Å². The average Bonchev–Trinajstić information content (AvgIpc) is 2.58. The van der Waals surface area contributed by atoms with Crippen molar-refractivity contribution in [3.05, 3.63) is 47.5 Å². The molecule has 0 fully saturated rings. The van der Waals surface area contributed by atoms with Gasteiger partial charge in [0, 0.05) is 34.3 Å². The van der Waals surface area contributed by atoms with Gasteiger partial charge in [-0.1, -0.05) is 33.7 Å². The molecule has 1 heterocycles. The van der Waals surface area contributed by atoms with Crippen LogP contribution >= 0.6 is 21.6 Å². The zero-order chi connectivity index (χ0) is 16.1. The number of nitrogens with one attached hydrogen (secondary N) is 2. The lowest BCUT2D eigenvalue weighted by Crippen LogP contribution is -2.09. The third kappa shape index (κ3) is 4.35. The Labute approximate surface area is 144 Å². The zero-order valence-electron chi connectivity index (χ0n) is 13.0. The van der Waals surface area contributed by atoms with Crippen molar-refractivity contribution in [3.63, 3.8) is 0 Å². The maximum absolute atomic E-state index is 8.67. The highest BCUT2D eigenvalue weighted by Gasteiger charge is 2.11. The molecule has 3 rings (SSSR count). The molecule has 0 saturated heterocycles. The highest BCUT2D eigenvalue weighted by atomic mass is 33.1. The maximum Gasteiger partial charge on any atom is 0.107 e. The number of hydrogen-bond acceptors (Lipinski definition) is 6. The second-order valence-corrected chi connectivity index (χ2v) is 7.69. The van der Waals surface area contributed by atoms with Crippen LogP contribution < -0.4 is 10.6 Å². The highest BCUT2D eigenvalue weighted by molar-refractivity contribution is 8.76. The molecule has 0 bridgehead atoms. The summed E-state index contributed by atoms with van der Waals surface area (Å²) in [6.45, 7) is 4.18. The molecule has 1 aliphatic heterocycles. The summed E-state index contributed by atoms with van der Waals surface area (Å²) in [7, 11) is 3.47. The van der Waals surface area contributed by atoms with Gasteiger partial charge in [-0.2, -0.15) is 0 Å². The van der Waals surface area contributed by atoms with E-state index in [1.54, 1.807) is 21.6 Å². The quantitative estimate of drug-likeness (QED) is 0.403. The van der Waals surface area contributed by atoms with Gasteiger partial charge in [0.15, 0.2) is 0 Å². The van der Waals surface area contributed by atoms with Crippen molar-refractivity contribution in [2.45, 2.75) is 29.7 Å². The summed E-state index contributed by atoms with van der Waals surface area (Å²) in [5.41, 5.74) is 4.53. The Morgan fingerprint density at radius 2 is 1.65 bits per heavy atom. The number of aryl methyl sites for hydroxylation is 1. The first-order valence-electron chi connectivity index (χ1n) is 7.58. The lowest BCUT2D eigenvalue weighted by atomic mass is 10.2. The third-order valence-electron chi connectivity index (χ3n) is 3.62. The van der Waals surface area contributed by atoms with E-state index in [-0.39, 0.29) is 6.61 Å². The molecule has 23 heavy (non-hydrogen) atoms. The van der Waals surface area contributed by atoms with Crippen LogP contribution in [0.2, 0.25) is 0 Å². The van der Waals surface area contributed by atoms with Gasteiger partial charge >= 0.3 is 0 Å². The van der Waals surface area contributed by atoms with Gasteiger partial charge in [-0.05, 0) is 48.7 Å². The SMILES string of the molecule is Cc1ccc2c(c1)SSc1cc(COO)ccc1NCCCN2. The Hall–Kier alpha value is -1.34. The van der Waals surface area contributed by atoms with Crippen molar-refractivity contribution in [2.75, 3.05) is 23.7 Å². The van der Waals surface area contributed by atoms with E-state index in [2.05, 4.69) is 52.8 Å². The summed E-state index contributed by atoms with van der Waals surface area (Å²) in [5.74, 6) is 0. The number of benzene rings is 2. The van der Waals surface area contributed by atoms with E-state index in [0.29, 0.717) is 0 Å². The first-order valence-corrected chi connectivity index (χ1v) is 9.73. The van der Waals surface area contributed by atoms with Gasteiger partial charge in [-0.15, -0.1) is 0 Å². The van der Waals surface area contributed by atoms with E-state index in [1.807, 2.05) is 6.07 Å². The van der Waals surface area contributed by atoms with E-state index in [0.717, 1.165) is 35.7 Å². The van der Waals surface area contributed by atoms with Crippen molar-refractivity contribution in [1.82, 2.24) is 0 Å². The molecule has 3 N–H and O–H groups in total. The van der Waals surface area contributed by atoms with E-state index < -0.39 is 0 Å². The molecule has 4 nitrogen and oxygen atoms in total. The van der Waals surface area contributed by atoms with E-state index in [9.17, 15) is 0 Å². The van der Waals surface area contributed by atoms with Crippen LogP contribution in [0.3, 0.4) is 0 Å². The second-order valence-electron chi connectivity index (χ2n) is 5.48. The van der Waals surface area contributed by atoms with Crippen LogP contribution in [-0.2, 0) is 11.5 Å². The van der Waals surface area contributed by atoms with Crippen LogP contribution in [0.5, 0.6) is 0 Å². The number of fused-ring (bicyclic) bond motifs is 2. The Kier molecular flexibility index (Phi) is 5.72. The summed E-state index contributed by atoms with van der Waals surface area (Å²) in [4.78, 5) is 6.66. The average molecular weight is 348 g/mol. The van der Waals surface area contributed by atoms with Crippen LogP contribution in [0.1, 0.15) is 17.5 Å². The summed E-state index contributed by atoms with van der Waals surface area (Å²) in [5, 5.41) is 15.7. The van der Waals surface area contributed by atoms with Gasteiger partial charge in [0.05, 0.1) is 0 Å². The van der Waals surface area contributed by atoms with Gasteiger partial charge in [-0.3, -0.25) is 5.26 Å². The van der Waals surface area contributed by atoms with Crippen LogP contribution in [0.15, 0.2) is 46.2 Å². The van der Waals surface area contributed by atoms with E-state index in [4.69, 9.17) is 5.26 Å². The van der Waals surface area contributed by atoms with Crippen LogP contribution in [0.25, 0.3) is 0 Å². The lowest BCUT2D eigenvalue weighted by molar-refractivity contribution is -0.253. The molecule has 6 heteroatoms. The molecule has 1 aliphatic rings. The van der Waals surface area contributed by atoms with Gasteiger partial charge in [-0.25, -0.2) is 4.89 Å². The first-order chi connectivity index (χ1) is 11.3. The third-order valence-corrected chi connectivity index (χ3v) is 6.07. The van der Waals surface area contributed by atoms with Crippen molar-refractivity contribution in [2.24, 2.45) is 0 Å². The van der Waals surface area contributed by atoms with Gasteiger partial charge in [0.2, 0.25) is 0 Å². The minimum Gasteiger partial charge on any atom is -0.384 e. The summed E-state index contributed by atoms with van der Waals surface area (Å²) in [6.07, 6.45) is 1.05. The highest BCUT2D eigenvalue weighted by Crippen LogP contribution is 2.44. The molecule has 0 saturated carbocycles. The molecular formula is C17H20N2O2S2. The summed E-state index contributed by atoms with van der Waals surface area (Å²) < 4.78 is 0. The summed E-state index contributed by atoms with van der Waals surface area (Å²) in [6, 6.07) is 12.6. The normalized spacial score (nSPS) is 14.7. The van der Waals surface area contributed by atoms with Gasteiger partial charge in [0.25, 0.3) is 0 Å². The number of hydrogen-bond donors (Lipinski definition) is 3. The predicted octanol–water partition coefficient (Wildman–Crippen LogP) is 5.01. The molecule has 0 aliphatic carbocycles. The smallest absolute Gasteiger partial charge is 0.107 e. The largest absolute Gasteiger partial charge is 0.384 e. The van der Waals surface area contributed by atoms with Gasteiger partial charge in [0.1, 0.15) is 6.61 Å². The number of anilines is 2. The van der Waals surface area contributed by atoms with Gasteiger partial charge < -0.3 is 10.6 Å². The first kappa shape index (κ1) is 16.5. The standard InChI is InChI=1S/C17H20N2O2S2/c1-12-3-5-14-16(9-12)22-23-17-10-13(11-21-20)4-6-15(17)19-8-2-7-18-14/h3-6,9-10,18-20H,2,7-8,11H2,1H3. The fourth-order valence-electron chi connectivity index (χ4n) is 2.41. The molecule has 122 valence electrons. The molecule has 2 aromatic rings. The minimum atomic E-state index is 0.204. The van der Waals surface area contributed by atoms with Crippen LogP contribution in [-0.4, -0.2) is 18.3 Å². The Bertz CT molecular complexity index is 680. The van der Waals surface area contributed by atoms with Crippen molar-refractivity contribution in [1.29, 1.82) is 0 Å². The fourth-order valence-corrected chi connectivity index (χ4v) is 4.85. The Balaban J connectivity index is 1.90. The molecule has 0 unspecified atom stereocenters. The monoisotopic (exact) mass is 348 g/mol. The molecule has 2 aromatic carbocycles. The van der Waals surface area contributed by atoms with E-state index >= 15 is 0 Å². The molecular weight excluding hydrogens is 328 g/mol. The molecule has 0 aromatic heterocycles. The summed E-state index contributed by atoms with van der Waals surface area (Å²) >= 11 is 0. The van der Waals surface area contributed by atoms with Crippen molar-refractivity contribution in [3.8, 4) is 0 Å². The molecule has 0 radical (unpaired) electrons. The van der Waals surface area contributed by atoms with Crippen LogP contribution in [0.4, 0.5) is 11.4 Å². The second kappa shape index (κ2) is 7.97. The van der Waals surface area contributed by atoms with Crippen molar-refractivity contribution < 1.29 is 10.1 Å². The fraction of sp³-hybridized carbons (Fsp3) is 0.294. The van der Waals surface area contributed by atoms with Crippen LogP contribution in [0, 0.1) is 6.92 Å². The lowest BCUT2D eigenvalue weighted by Gasteiger charge is -2.12.